The Labute approximate surface area is 121 Å². The van der Waals surface area contributed by atoms with Gasteiger partial charge in [-0.25, -0.2) is 0 Å². The van der Waals surface area contributed by atoms with E-state index in [-0.39, 0.29) is 6.04 Å². The van der Waals surface area contributed by atoms with Gasteiger partial charge in [0.1, 0.15) is 13.2 Å². The first-order chi connectivity index (χ1) is 9.81. The van der Waals surface area contributed by atoms with E-state index in [1.54, 1.807) is 7.05 Å². The van der Waals surface area contributed by atoms with Gasteiger partial charge in [0.2, 0.25) is 5.91 Å². The monoisotopic (exact) mass is 311 g/mol. The summed E-state index contributed by atoms with van der Waals surface area (Å²) in [6.45, 7) is -0.776. The van der Waals surface area contributed by atoms with Crippen LogP contribution in [0, 0.1) is 0 Å². The predicted octanol–water partition coefficient (Wildman–Crippen LogP) is 1.71. The maximum Gasteiger partial charge on any atom is 0.411 e. The van der Waals surface area contributed by atoms with Crippen molar-refractivity contribution in [1.82, 2.24) is 4.90 Å². The van der Waals surface area contributed by atoms with E-state index >= 15 is 0 Å². The lowest BCUT2D eigenvalue weighted by atomic mass is 9.89. The molecule has 0 aromatic rings. The van der Waals surface area contributed by atoms with Crippen molar-refractivity contribution in [1.29, 1.82) is 0 Å². The van der Waals surface area contributed by atoms with Crippen molar-refractivity contribution < 1.29 is 32.2 Å². The van der Waals surface area contributed by atoms with Gasteiger partial charge in [-0.05, 0) is 12.8 Å². The zero-order valence-corrected chi connectivity index (χ0v) is 11.9. The second-order valence-electron chi connectivity index (χ2n) is 5.45. The van der Waals surface area contributed by atoms with Crippen molar-refractivity contribution in [3.63, 3.8) is 0 Å². The lowest BCUT2D eigenvalue weighted by Gasteiger charge is -2.39. The number of hydrogen-bond donors (Lipinski definition) is 0. The summed E-state index contributed by atoms with van der Waals surface area (Å²) in [4.78, 5) is 13.3. The molecule has 1 aliphatic carbocycles. The van der Waals surface area contributed by atoms with Crippen LogP contribution in [0.3, 0.4) is 0 Å². The molecule has 1 amide bonds. The van der Waals surface area contributed by atoms with Crippen molar-refractivity contribution >= 4 is 5.91 Å². The number of halogens is 3. The molecular formula is C13H20F3NO4. The highest BCUT2D eigenvalue weighted by Gasteiger charge is 2.41. The average molecular weight is 311 g/mol. The van der Waals surface area contributed by atoms with Gasteiger partial charge in [-0.15, -0.1) is 0 Å². The Balaban J connectivity index is 1.73. The topological polar surface area (TPSA) is 48.0 Å². The Bertz CT molecular complexity index is 359. The molecule has 1 saturated heterocycles. The largest absolute Gasteiger partial charge is 0.411 e. The summed E-state index contributed by atoms with van der Waals surface area (Å²) in [5.74, 6) is -0.943. The molecule has 2 fully saturated rings. The maximum absolute atomic E-state index is 12.0. The molecule has 1 saturated carbocycles. The Kier molecular flexibility index (Phi) is 5.11. The van der Waals surface area contributed by atoms with Crippen LogP contribution in [0.15, 0.2) is 0 Å². The number of nitrogens with zero attached hydrogens (tertiary/aromatic N) is 1. The SMILES string of the molecule is CN(C(=O)COCC(F)(F)F)C1CCC2(CC1)OCCO2. The first kappa shape index (κ1) is 16.5. The zero-order valence-electron chi connectivity index (χ0n) is 11.9. The fourth-order valence-electron chi connectivity index (χ4n) is 2.77. The predicted molar refractivity (Wildman–Crippen MR) is 66.5 cm³/mol. The number of carbonyl (C=O) groups is 1. The summed E-state index contributed by atoms with van der Waals surface area (Å²) in [6.07, 6.45) is -1.60. The Hall–Kier alpha value is -0.860. The summed E-state index contributed by atoms with van der Waals surface area (Å²) in [5, 5.41) is 0. The van der Waals surface area contributed by atoms with Crippen LogP contribution in [-0.2, 0) is 19.0 Å². The molecule has 2 rings (SSSR count). The number of hydrogen-bond acceptors (Lipinski definition) is 4. The van der Waals surface area contributed by atoms with Crippen LogP contribution in [0.25, 0.3) is 0 Å². The van der Waals surface area contributed by atoms with Gasteiger partial charge in [-0.2, -0.15) is 13.2 Å². The van der Waals surface area contributed by atoms with Crippen LogP contribution in [-0.4, -0.2) is 62.3 Å². The molecule has 5 nitrogen and oxygen atoms in total. The molecule has 0 aromatic carbocycles. The Morgan fingerprint density at radius 1 is 1.29 bits per heavy atom. The molecule has 0 atom stereocenters. The molecule has 1 spiro atoms. The van der Waals surface area contributed by atoms with E-state index in [2.05, 4.69) is 4.74 Å². The number of alkyl halides is 3. The van der Waals surface area contributed by atoms with Crippen LogP contribution >= 0.6 is 0 Å². The van der Waals surface area contributed by atoms with E-state index in [4.69, 9.17) is 9.47 Å². The summed E-state index contributed by atoms with van der Waals surface area (Å²) >= 11 is 0. The van der Waals surface area contributed by atoms with Crippen LogP contribution in [0.5, 0.6) is 0 Å². The molecule has 2 aliphatic rings. The summed E-state index contributed by atoms with van der Waals surface area (Å²) < 4.78 is 51.5. The van der Waals surface area contributed by atoms with Gasteiger partial charge in [0.15, 0.2) is 5.79 Å². The summed E-state index contributed by atoms with van der Waals surface area (Å²) in [5.41, 5.74) is 0. The molecule has 8 heteroatoms. The molecular weight excluding hydrogens is 291 g/mol. The molecule has 1 aliphatic heterocycles. The first-order valence-electron chi connectivity index (χ1n) is 6.99. The molecule has 0 N–H and O–H groups in total. The number of carbonyl (C=O) groups excluding carboxylic acids is 1. The van der Waals surface area contributed by atoms with Crippen molar-refractivity contribution in [3.05, 3.63) is 0 Å². The molecule has 122 valence electrons. The molecule has 0 unspecified atom stereocenters. The zero-order chi connectivity index (χ0) is 15.5. The van der Waals surface area contributed by atoms with Gasteiger partial charge >= 0.3 is 6.18 Å². The van der Waals surface area contributed by atoms with Gasteiger partial charge in [0.05, 0.1) is 13.2 Å². The van der Waals surface area contributed by atoms with Gasteiger partial charge in [0.25, 0.3) is 0 Å². The minimum Gasteiger partial charge on any atom is -0.362 e. The Morgan fingerprint density at radius 3 is 2.38 bits per heavy atom. The lowest BCUT2D eigenvalue weighted by molar-refractivity contribution is -0.188. The van der Waals surface area contributed by atoms with Gasteiger partial charge in [0, 0.05) is 25.9 Å². The number of likely N-dealkylation sites (N-methyl/N-ethyl adjacent to an activating group) is 1. The van der Waals surface area contributed by atoms with E-state index in [1.165, 1.54) is 4.90 Å². The van der Waals surface area contributed by atoms with Crippen LogP contribution in [0.1, 0.15) is 25.7 Å². The lowest BCUT2D eigenvalue weighted by Crippen LogP contribution is -2.46. The number of rotatable bonds is 4. The second-order valence-corrected chi connectivity index (χ2v) is 5.45. The van der Waals surface area contributed by atoms with Crippen molar-refractivity contribution in [2.45, 2.75) is 43.7 Å². The summed E-state index contributed by atoms with van der Waals surface area (Å²) in [7, 11) is 1.60. The van der Waals surface area contributed by atoms with E-state index in [0.29, 0.717) is 38.9 Å². The third kappa shape index (κ3) is 4.55. The maximum atomic E-state index is 12.0. The average Bonchev–Trinajstić information content (AvgIpc) is 2.85. The van der Waals surface area contributed by atoms with E-state index in [0.717, 1.165) is 0 Å². The minimum absolute atomic E-state index is 0.00888. The molecule has 0 radical (unpaired) electrons. The van der Waals surface area contributed by atoms with Crippen molar-refractivity contribution in [2.75, 3.05) is 33.5 Å². The minimum atomic E-state index is -4.41. The highest BCUT2D eigenvalue weighted by Crippen LogP contribution is 2.37. The van der Waals surface area contributed by atoms with Gasteiger partial charge < -0.3 is 19.1 Å². The normalized spacial score (nSPS) is 22.7. The third-order valence-corrected chi connectivity index (χ3v) is 3.96. The molecule has 21 heavy (non-hydrogen) atoms. The van der Waals surface area contributed by atoms with E-state index in [1.807, 2.05) is 0 Å². The third-order valence-electron chi connectivity index (χ3n) is 3.96. The van der Waals surface area contributed by atoms with Gasteiger partial charge in [-0.1, -0.05) is 0 Å². The van der Waals surface area contributed by atoms with Gasteiger partial charge in [-0.3, -0.25) is 4.79 Å². The van der Waals surface area contributed by atoms with E-state index < -0.39 is 31.1 Å². The highest BCUT2D eigenvalue weighted by molar-refractivity contribution is 5.77. The number of amides is 1. The standard InChI is InChI=1S/C13H20F3NO4/c1-17(11(18)8-19-9-13(14,15)16)10-2-4-12(5-3-10)20-6-7-21-12/h10H,2-9H2,1H3. The van der Waals surface area contributed by atoms with Crippen molar-refractivity contribution in [3.8, 4) is 0 Å². The second kappa shape index (κ2) is 6.50. The molecule has 1 heterocycles. The number of ether oxygens (including phenoxy) is 3. The summed E-state index contributed by atoms with van der Waals surface area (Å²) in [6, 6.07) is -0.00888. The highest BCUT2D eigenvalue weighted by atomic mass is 19.4. The fourth-order valence-corrected chi connectivity index (χ4v) is 2.77. The Morgan fingerprint density at radius 2 is 1.86 bits per heavy atom. The molecule has 0 bridgehead atoms. The van der Waals surface area contributed by atoms with Crippen LogP contribution < -0.4 is 0 Å². The smallest absolute Gasteiger partial charge is 0.362 e. The van der Waals surface area contributed by atoms with E-state index in [9.17, 15) is 18.0 Å². The van der Waals surface area contributed by atoms with Crippen molar-refractivity contribution in [2.24, 2.45) is 0 Å². The fraction of sp³-hybridized carbons (Fsp3) is 0.923. The molecule has 0 aromatic heterocycles. The van der Waals surface area contributed by atoms with Crippen LogP contribution in [0.2, 0.25) is 0 Å². The first-order valence-corrected chi connectivity index (χ1v) is 6.99. The quantitative estimate of drug-likeness (QED) is 0.793. The van der Waals surface area contributed by atoms with Crippen LogP contribution in [0.4, 0.5) is 13.2 Å².